The first-order valence-electron chi connectivity index (χ1n) is 8.94. The number of rotatable bonds is 7. The van der Waals surface area contributed by atoms with E-state index in [0.717, 1.165) is 36.3 Å². The highest BCUT2D eigenvalue weighted by Gasteiger charge is 2.17. The van der Waals surface area contributed by atoms with Crippen molar-refractivity contribution in [1.29, 1.82) is 0 Å². The number of aromatic nitrogens is 1. The molecule has 1 N–H and O–H groups in total. The second-order valence-corrected chi connectivity index (χ2v) is 7.41. The molecule has 0 fully saturated rings. The number of fused-ring (bicyclic) bond motifs is 1. The minimum atomic E-state index is -0.202. The molecule has 138 valence electrons. The fraction of sp³-hybridized carbons (Fsp3) is 0.238. The van der Waals surface area contributed by atoms with Crippen molar-refractivity contribution < 1.29 is 14.3 Å². The molecule has 0 spiro atoms. The number of thiazole rings is 1. The number of hydrogen-bond acceptors (Lipinski definition) is 5. The second kappa shape index (κ2) is 8.22. The van der Waals surface area contributed by atoms with Gasteiger partial charge in [0.1, 0.15) is 18.1 Å². The van der Waals surface area contributed by atoms with Crippen LogP contribution in [-0.2, 0) is 24.2 Å². The molecule has 3 aromatic rings. The monoisotopic (exact) mass is 380 g/mol. The summed E-state index contributed by atoms with van der Waals surface area (Å²) in [7, 11) is 0. The van der Waals surface area contributed by atoms with E-state index in [-0.39, 0.29) is 12.5 Å². The minimum absolute atomic E-state index is 0.0472. The van der Waals surface area contributed by atoms with Gasteiger partial charge in [-0.25, -0.2) is 4.98 Å². The second-order valence-electron chi connectivity index (χ2n) is 6.32. The fourth-order valence-electron chi connectivity index (χ4n) is 2.92. The molecule has 0 bridgehead atoms. The van der Waals surface area contributed by atoms with Crippen LogP contribution in [0.25, 0.3) is 0 Å². The molecule has 6 heteroatoms. The van der Waals surface area contributed by atoms with Gasteiger partial charge in [0.15, 0.2) is 11.7 Å². The minimum Gasteiger partial charge on any atom is -0.489 e. The smallest absolute Gasteiger partial charge is 0.264 e. The van der Waals surface area contributed by atoms with Gasteiger partial charge in [0.2, 0.25) is 0 Å². The van der Waals surface area contributed by atoms with Crippen LogP contribution in [-0.4, -0.2) is 17.5 Å². The molecule has 0 saturated carbocycles. The molecule has 4 rings (SSSR count). The van der Waals surface area contributed by atoms with Crippen LogP contribution in [0, 0.1) is 0 Å². The van der Waals surface area contributed by atoms with Crippen molar-refractivity contribution in [2.45, 2.75) is 25.9 Å². The summed E-state index contributed by atoms with van der Waals surface area (Å²) in [6.45, 7) is 0.468. The van der Waals surface area contributed by atoms with Crippen LogP contribution in [0.2, 0.25) is 0 Å². The van der Waals surface area contributed by atoms with Crippen molar-refractivity contribution >= 4 is 22.4 Å². The Hall–Kier alpha value is -2.86. The molecule has 5 nitrogen and oxygen atoms in total. The standard InChI is InChI=1S/C21H20N2O3S/c24-20(23-21-22-18-7-4-8-19(18)27-21)14-26-17-11-9-16(10-12-17)25-13-15-5-2-1-3-6-15/h1-3,5-6,9-12H,4,7-8,13-14H2,(H,22,23,24). The van der Waals surface area contributed by atoms with Gasteiger partial charge in [-0.2, -0.15) is 0 Å². The van der Waals surface area contributed by atoms with Crippen LogP contribution in [0.5, 0.6) is 11.5 Å². The molecule has 0 atom stereocenters. The number of carbonyl (C=O) groups excluding carboxylic acids is 1. The van der Waals surface area contributed by atoms with E-state index in [4.69, 9.17) is 9.47 Å². The number of nitrogens with one attached hydrogen (secondary N) is 1. The number of amides is 1. The van der Waals surface area contributed by atoms with Gasteiger partial charge < -0.3 is 9.47 Å². The van der Waals surface area contributed by atoms with Crippen molar-refractivity contribution in [2.24, 2.45) is 0 Å². The topological polar surface area (TPSA) is 60.5 Å². The molecule has 0 aliphatic heterocycles. The van der Waals surface area contributed by atoms with E-state index < -0.39 is 0 Å². The van der Waals surface area contributed by atoms with Crippen molar-refractivity contribution in [1.82, 2.24) is 4.98 Å². The molecule has 2 aromatic carbocycles. The molecule has 1 aliphatic rings. The first-order valence-corrected chi connectivity index (χ1v) is 9.76. The Kier molecular flexibility index (Phi) is 5.34. The van der Waals surface area contributed by atoms with E-state index in [1.807, 2.05) is 42.5 Å². The van der Waals surface area contributed by atoms with Crippen LogP contribution < -0.4 is 14.8 Å². The molecule has 0 unspecified atom stereocenters. The zero-order valence-electron chi connectivity index (χ0n) is 14.8. The summed E-state index contributed by atoms with van der Waals surface area (Å²) in [6, 6.07) is 17.3. The van der Waals surface area contributed by atoms with Crippen LogP contribution >= 0.6 is 11.3 Å². The highest BCUT2D eigenvalue weighted by atomic mass is 32.1. The highest BCUT2D eigenvalue weighted by Crippen LogP contribution is 2.30. The van der Waals surface area contributed by atoms with Crippen molar-refractivity contribution in [3.63, 3.8) is 0 Å². The number of nitrogens with zero attached hydrogens (tertiary/aromatic N) is 1. The van der Waals surface area contributed by atoms with E-state index in [2.05, 4.69) is 10.3 Å². The summed E-state index contributed by atoms with van der Waals surface area (Å²) < 4.78 is 11.3. The predicted octanol–water partition coefficient (Wildman–Crippen LogP) is 4.23. The number of benzene rings is 2. The maximum absolute atomic E-state index is 12.0. The van der Waals surface area contributed by atoms with Gasteiger partial charge >= 0.3 is 0 Å². The van der Waals surface area contributed by atoms with Gasteiger partial charge in [0, 0.05) is 4.88 Å². The first kappa shape index (κ1) is 17.5. The van der Waals surface area contributed by atoms with Gasteiger partial charge in [-0.15, -0.1) is 11.3 Å². The Bertz CT molecular complexity index is 885. The summed E-state index contributed by atoms with van der Waals surface area (Å²) in [5.41, 5.74) is 2.24. The third-order valence-electron chi connectivity index (χ3n) is 4.28. The zero-order chi connectivity index (χ0) is 18.5. The number of carbonyl (C=O) groups is 1. The summed E-state index contributed by atoms with van der Waals surface area (Å²) in [5, 5.41) is 3.48. The van der Waals surface area contributed by atoms with Crippen LogP contribution in [0.15, 0.2) is 54.6 Å². The molecule has 1 aromatic heterocycles. The average Bonchev–Trinajstić information content (AvgIpc) is 3.28. The quantitative estimate of drug-likeness (QED) is 0.666. The van der Waals surface area contributed by atoms with E-state index in [9.17, 15) is 4.79 Å². The summed E-state index contributed by atoms with van der Waals surface area (Å²) in [5.74, 6) is 1.18. The Morgan fingerprint density at radius 3 is 2.48 bits per heavy atom. The third-order valence-corrected chi connectivity index (χ3v) is 5.36. The normalized spacial score (nSPS) is 12.4. The Morgan fingerprint density at radius 2 is 1.74 bits per heavy atom. The lowest BCUT2D eigenvalue weighted by molar-refractivity contribution is -0.118. The van der Waals surface area contributed by atoms with Gasteiger partial charge in [0.05, 0.1) is 5.69 Å². The average molecular weight is 380 g/mol. The SMILES string of the molecule is O=C(COc1ccc(OCc2ccccc2)cc1)Nc1nc2c(s1)CCC2. The highest BCUT2D eigenvalue weighted by molar-refractivity contribution is 7.15. The van der Waals surface area contributed by atoms with E-state index in [1.165, 1.54) is 4.88 Å². The zero-order valence-corrected chi connectivity index (χ0v) is 15.6. The molecular weight excluding hydrogens is 360 g/mol. The molecule has 0 radical (unpaired) electrons. The lowest BCUT2D eigenvalue weighted by atomic mass is 10.2. The number of ether oxygens (including phenoxy) is 2. The number of aryl methyl sites for hydroxylation is 2. The van der Waals surface area contributed by atoms with E-state index in [1.54, 1.807) is 23.5 Å². The number of anilines is 1. The lowest BCUT2D eigenvalue weighted by Gasteiger charge is -2.08. The van der Waals surface area contributed by atoms with Crippen molar-refractivity contribution in [3.05, 3.63) is 70.7 Å². The number of hydrogen-bond donors (Lipinski definition) is 1. The molecule has 1 aliphatic carbocycles. The third kappa shape index (κ3) is 4.65. The Morgan fingerprint density at radius 1 is 1.00 bits per heavy atom. The van der Waals surface area contributed by atoms with Gasteiger partial charge in [0.25, 0.3) is 5.91 Å². The molecule has 0 saturated heterocycles. The molecule has 1 heterocycles. The Labute approximate surface area is 162 Å². The van der Waals surface area contributed by atoms with Crippen molar-refractivity contribution in [2.75, 3.05) is 11.9 Å². The first-order chi connectivity index (χ1) is 13.3. The van der Waals surface area contributed by atoms with E-state index >= 15 is 0 Å². The predicted molar refractivity (Wildman–Crippen MR) is 105 cm³/mol. The van der Waals surface area contributed by atoms with Gasteiger partial charge in [-0.1, -0.05) is 30.3 Å². The largest absolute Gasteiger partial charge is 0.489 e. The van der Waals surface area contributed by atoms with Crippen LogP contribution in [0.4, 0.5) is 5.13 Å². The Balaban J connectivity index is 1.23. The summed E-state index contributed by atoms with van der Waals surface area (Å²) in [6.07, 6.45) is 3.24. The lowest BCUT2D eigenvalue weighted by Crippen LogP contribution is -2.20. The van der Waals surface area contributed by atoms with Crippen LogP contribution in [0.3, 0.4) is 0 Å². The molecule has 1 amide bonds. The van der Waals surface area contributed by atoms with Gasteiger partial charge in [-0.3, -0.25) is 10.1 Å². The molecular formula is C21H20N2O3S. The van der Waals surface area contributed by atoms with E-state index in [0.29, 0.717) is 17.5 Å². The summed E-state index contributed by atoms with van der Waals surface area (Å²) in [4.78, 5) is 17.8. The maximum atomic E-state index is 12.0. The maximum Gasteiger partial charge on any atom is 0.264 e. The van der Waals surface area contributed by atoms with Gasteiger partial charge in [-0.05, 0) is 49.1 Å². The summed E-state index contributed by atoms with van der Waals surface area (Å²) >= 11 is 1.56. The fourth-order valence-corrected chi connectivity index (χ4v) is 3.99. The van der Waals surface area contributed by atoms with Crippen LogP contribution in [0.1, 0.15) is 22.6 Å². The molecule has 27 heavy (non-hydrogen) atoms. The van der Waals surface area contributed by atoms with Crippen molar-refractivity contribution in [3.8, 4) is 11.5 Å².